The average Bonchev–Trinajstić information content (AvgIpc) is 2.92. The average molecular weight is 309 g/mol. The number of hydrogen-bond donors (Lipinski definition) is 3. The van der Waals surface area contributed by atoms with Crippen molar-refractivity contribution in [2.75, 3.05) is 6.26 Å². The van der Waals surface area contributed by atoms with Gasteiger partial charge in [-0.25, -0.2) is 14.6 Å². The van der Waals surface area contributed by atoms with Crippen LogP contribution in [0.1, 0.15) is 35.3 Å². The lowest BCUT2D eigenvalue weighted by atomic mass is 10.2. The summed E-state index contributed by atoms with van der Waals surface area (Å²) >= 11 is 1.79. The van der Waals surface area contributed by atoms with Crippen LogP contribution in [0.4, 0.5) is 4.79 Å². The number of rotatable bonds is 5. The lowest BCUT2D eigenvalue weighted by molar-refractivity contribution is 0.0690. The van der Waals surface area contributed by atoms with E-state index < -0.39 is 5.97 Å². The van der Waals surface area contributed by atoms with Crippen LogP contribution in [0.5, 0.6) is 0 Å². The van der Waals surface area contributed by atoms with Crippen molar-refractivity contribution < 1.29 is 14.7 Å². The number of hydrogen-bond acceptors (Lipinski definition) is 4. The zero-order valence-corrected chi connectivity index (χ0v) is 12.7. The number of aromatic nitrogens is 1. The normalized spacial score (nSPS) is 21.0. The van der Waals surface area contributed by atoms with Crippen LogP contribution in [0.2, 0.25) is 0 Å². The fraction of sp³-hybridized carbons (Fsp3) is 0.500. The summed E-state index contributed by atoms with van der Waals surface area (Å²) in [7, 11) is 0. The number of amides is 2. The Bertz CT molecular complexity index is 507. The van der Waals surface area contributed by atoms with Crippen LogP contribution in [0.3, 0.4) is 0 Å². The van der Waals surface area contributed by atoms with Gasteiger partial charge in [0.15, 0.2) is 0 Å². The minimum absolute atomic E-state index is 0.00281. The molecule has 1 aromatic rings. The first-order valence-electron chi connectivity index (χ1n) is 6.85. The van der Waals surface area contributed by atoms with E-state index in [4.69, 9.17) is 5.11 Å². The molecule has 0 radical (unpaired) electrons. The summed E-state index contributed by atoms with van der Waals surface area (Å²) in [6.07, 6.45) is 6.85. The maximum atomic E-state index is 11.9. The standard InChI is InChI=1S/C14H19N3O3S/c1-21-12-4-2-3-10(12)17-14(20)16-8-9-5-6-11(13(18)19)15-7-9/h5-7,10,12H,2-4,8H2,1H3,(H,18,19)(H2,16,17,20). The highest BCUT2D eigenvalue weighted by molar-refractivity contribution is 7.99. The Kier molecular flexibility index (Phi) is 5.44. The van der Waals surface area contributed by atoms with E-state index >= 15 is 0 Å². The molecule has 1 aromatic heterocycles. The molecule has 1 aliphatic rings. The highest BCUT2D eigenvalue weighted by Gasteiger charge is 2.27. The summed E-state index contributed by atoms with van der Waals surface area (Å²) in [5.74, 6) is -1.06. The number of carboxylic acid groups (broad SMARTS) is 1. The minimum atomic E-state index is -1.06. The highest BCUT2D eigenvalue weighted by atomic mass is 32.2. The van der Waals surface area contributed by atoms with E-state index in [2.05, 4.69) is 21.9 Å². The fourth-order valence-corrected chi connectivity index (χ4v) is 3.37. The van der Waals surface area contributed by atoms with Gasteiger partial charge in [-0.1, -0.05) is 12.5 Å². The molecule has 2 amide bonds. The van der Waals surface area contributed by atoms with Crippen LogP contribution in [-0.4, -0.2) is 39.6 Å². The largest absolute Gasteiger partial charge is 0.477 e. The Morgan fingerprint density at radius 1 is 1.43 bits per heavy atom. The number of nitrogens with one attached hydrogen (secondary N) is 2. The van der Waals surface area contributed by atoms with Crippen LogP contribution in [0, 0.1) is 0 Å². The molecule has 114 valence electrons. The Hall–Kier alpha value is -1.76. The van der Waals surface area contributed by atoms with Gasteiger partial charge in [-0.3, -0.25) is 0 Å². The van der Waals surface area contributed by atoms with Crippen LogP contribution >= 0.6 is 11.8 Å². The summed E-state index contributed by atoms with van der Waals surface area (Å²) in [6.45, 7) is 0.329. The molecule has 6 nitrogen and oxygen atoms in total. The molecule has 0 saturated heterocycles. The number of aromatic carboxylic acids is 1. The van der Waals surface area contributed by atoms with Gasteiger partial charge in [0.05, 0.1) is 0 Å². The van der Waals surface area contributed by atoms with Gasteiger partial charge in [0, 0.05) is 24.0 Å². The molecule has 1 heterocycles. The Morgan fingerprint density at radius 3 is 2.86 bits per heavy atom. The third-order valence-corrected chi connectivity index (χ3v) is 4.74. The van der Waals surface area contributed by atoms with Crippen molar-refractivity contribution in [3.8, 4) is 0 Å². The molecule has 0 bridgehead atoms. The summed E-state index contributed by atoms with van der Waals surface area (Å²) in [6, 6.07) is 3.12. The maximum absolute atomic E-state index is 11.9. The Balaban J connectivity index is 1.79. The third kappa shape index (κ3) is 4.35. The van der Waals surface area contributed by atoms with Crippen LogP contribution in [0.15, 0.2) is 18.3 Å². The molecule has 7 heteroatoms. The number of urea groups is 1. The second-order valence-corrected chi connectivity index (χ2v) is 6.07. The van der Waals surface area contributed by atoms with Crippen molar-refractivity contribution in [3.05, 3.63) is 29.6 Å². The van der Waals surface area contributed by atoms with Gasteiger partial charge in [-0.2, -0.15) is 11.8 Å². The smallest absolute Gasteiger partial charge is 0.354 e. The van der Waals surface area contributed by atoms with Gasteiger partial charge < -0.3 is 15.7 Å². The second-order valence-electron chi connectivity index (χ2n) is 5.00. The zero-order valence-electron chi connectivity index (χ0n) is 11.8. The number of nitrogens with zero attached hydrogens (tertiary/aromatic N) is 1. The molecule has 0 spiro atoms. The first kappa shape index (κ1) is 15.6. The van der Waals surface area contributed by atoms with E-state index in [-0.39, 0.29) is 17.8 Å². The van der Waals surface area contributed by atoms with Crippen molar-refractivity contribution in [1.82, 2.24) is 15.6 Å². The van der Waals surface area contributed by atoms with E-state index in [1.165, 1.54) is 12.3 Å². The molecule has 3 N–H and O–H groups in total. The predicted molar refractivity (Wildman–Crippen MR) is 81.5 cm³/mol. The first-order chi connectivity index (χ1) is 10.1. The van der Waals surface area contributed by atoms with Gasteiger partial charge in [0.25, 0.3) is 0 Å². The fourth-order valence-electron chi connectivity index (χ4n) is 2.43. The second kappa shape index (κ2) is 7.31. The molecule has 2 unspecified atom stereocenters. The number of carboxylic acids is 1. The van der Waals surface area contributed by atoms with E-state index in [1.54, 1.807) is 17.8 Å². The lowest BCUT2D eigenvalue weighted by Crippen LogP contribution is -2.44. The molecule has 1 saturated carbocycles. The van der Waals surface area contributed by atoms with Gasteiger partial charge in [-0.05, 0) is 30.7 Å². The van der Waals surface area contributed by atoms with E-state index in [1.807, 2.05) is 0 Å². The van der Waals surface area contributed by atoms with E-state index in [0.717, 1.165) is 24.8 Å². The van der Waals surface area contributed by atoms with Crippen LogP contribution < -0.4 is 10.6 Å². The molecule has 0 aliphatic heterocycles. The monoisotopic (exact) mass is 309 g/mol. The zero-order chi connectivity index (χ0) is 15.2. The minimum Gasteiger partial charge on any atom is -0.477 e. The first-order valence-corrected chi connectivity index (χ1v) is 8.14. The highest BCUT2D eigenvalue weighted by Crippen LogP contribution is 2.28. The molecule has 2 atom stereocenters. The molecule has 1 fully saturated rings. The number of carbonyl (C=O) groups excluding carboxylic acids is 1. The molecule has 2 rings (SSSR count). The van der Waals surface area contributed by atoms with Gasteiger partial charge in [0.2, 0.25) is 0 Å². The number of thioether (sulfide) groups is 1. The van der Waals surface area contributed by atoms with Crippen molar-refractivity contribution in [3.63, 3.8) is 0 Å². The molecule has 0 aromatic carbocycles. The maximum Gasteiger partial charge on any atom is 0.354 e. The number of pyridine rings is 1. The lowest BCUT2D eigenvalue weighted by Gasteiger charge is -2.19. The summed E-state index contributed by atoms with van der Waals surface area (Å²) in [5, 5.41) is 15.0. The summed E-state index contributed by atoms with van der Waals surface area (Å²) < 4.78 is 0. The van der Waals surface area contributed by atoms with Crippen molar-refractivity contribution in [1.29, 1.82) is 0 Å². The van der Waals surface area contributed by atoms with Crippen molar-refractivity contribution in [2.45, 2.75) is 37.1 Å². The van der Waals surface area contributed by atoms with Crippen molar-refractivity contribution in [2.24, 2.45) is 0 Å². The SMILES string of the molecule is CSC1CCCC1NC(=O)NCc1ccc(C(=O)O)nc1. The topological polar surface area (TPSA) is 91.3 Å². The van der Waals surface area contributed by atoms with Gasteiger partial charge in [-0.15, -0.1) is 0 Å². The quantitative estimate of drug-likeness (QED) is 0.772. The molecular formula is C14H19N3O3S. The Labute approximate surface area is 127 Å². The van der Waals surface area contributed by atoms with Gasteiger partial charge >= 0.3 is 12.0 Å². The third-order valence-electron chi connectivity index (χ3n) is 3.57. The predicted octanol–water partition coefficient (Wildman–Crippen LogP) is 1.86. The molecular weight excluding hydrogens is 290 g/mol. The molecule has 21 heavy (non-hydrogen) atoms. The van der Waals surface area contributed by atoms with E-state index in [0.29, 0.717) is 11.8 Å². The van der Waals surface area contributed by atoms with Crippen LogP contribution in [-0.2, 0) is 6.54 Å². The summed E-state index contributed by atoms with van der Waals surface area (Å²) in [4.78, 5) is 26.4. The summed E-state index contributed by atoms with van der Waals surface area (Å²) in [5.41, 5.74) is 0.764. The van der Waals surface area contributed by atoms with Crippen molar-refractivity contribution >= 4 is 23.8 Å². The van der Waals surface area contributed by atoms with Gasteiger partial charge in [0.1, 0.15) is 5.69 Å². The number of carbonyl (C=O) groups is 2. The Morgan fingerprint density at radius 2 is 2.24 bits per heavy atom. The van der Waals surface area contributed by atoms with Crippen LogP contribution in [0.25, 0.3) is 0 Å². The molecule has 1 aliphatic carbocycles. The van der Waals surface area contributed by atoms with E-state index in [9.17, 15) is 9.59 Å².